The second-order valence-electron chi connectivity index (χ2n) is 9.61. The highest BCUT2D eigenvalue weighted by atomic mass is 35.5. The summed E-state index contributed by atoms with van der Waals surface area (Å²) in [7, 11) is 0. The molecular formula is C27H26ClF6N3O3. The molecule has 0 saturated carbocycles. The monoisotopic (exact) mass is 589 g/mol. The molecule has 2 aromatic carbocycles. The van der Waals surface area contributed by atoms with Crippen LogP contribution in [0, 0.1) is 17.8 Å². The van der Waals surface area contributed by atoms with Crippen LogP contribution in [0.25, 0.3) is 0 Å². The summed E-state index contributed by atoms with van der Waals surface area (Å²) in [5, 5.41) is 2.52. The molecule has 0 saturated heterocycles. The number of benzene rings is 2. The van der Waals surface area contributed by atoms with E-state index in [9.17, 15) is 40.7 Å². The summed E-state index contributed by atoms with van der Waals surface area (Å²) in [5.74, 6) is -9.19. The van der Waals surface area contributed by atoms with E-state index >= 15 is 0 Å². The van der Waals surface area contributed by atoms with Crippen LogP contribution in [0.2, 0.25) is 5.02 Å². The fraction of sp³-hybridized carbons (Fsp3) is 0.407. The maximum Gasteiger partial charge on any atom is 0.391 e. The number of ketones is 1. The Morgan fingerprint density at radius 1 is 1.05 bits per heavy atom. The lowest BCUT2D eigenvalue weighted by Crippen LogP contribution is -2.47. The molecule has 40 heavy (non-hydrogen) atoms. The number of carbonyl (C=O) groups excluding carboxylic acids is 3. The highest BCUT2D eigenvalue weighted by molar-refractivity contribution is 6.32. The maximum atomic E-state index is 13.3. The summed E-state index contributed by atoms with van der Waals surface area (Å²) in [6, 6.07) is 13.4. The summed E-state index contributed by atoms with van der Waals surface area (Å²) < 4.78 is 79.0. The Balaban J connectivity index is 2.01. The summed E-state index contributed by atoms with van der Waals surface area (Å²) in [6.45, 7) is 0.737. The number of nitrogens with one attached hydrogen (secondary N) is 1. The van der Waals surface area contributed by atoms with Gasteiger partial charge in [0.1, 0.15) is 0 Å². The van der Waals surface area contributed by atoms with Crippen LogP contribution >= 0.6 is 11.6 Å². The van der Waals surface area contributed by atoms with Crippen LogP contribution in [0.4, 0.5) is 26.3 Å². The van der Waals surface area contributed by atoms with E-state index in [2.05, 4.69) is 10.3 Å². The van der Waals surface area contributed by atoms with Gasteiger partial charge in [0.15, 0.2) is 11.9 Å². The van der Waals surface area contributed by atoms with Gasteiger partial charge in [-0.3, -0.25) is 19.4 Å². The Morgan fingerprint density at radius 3 is 2.27 bits per heavy atom. The number of halogens is 7. The van der Waals surface area contributed by atoms with E-state index in [0.717, 1.165) is 6.92 Å². The largest absolute Gasteiger partial charge is 0.391 e. The number of fused-ring (bicyclic) bond motifs is 1. The lowest BCUT2D eigenvalue weighted by atomic mass is 9.80. The van der Waals surface area contributed by atoms with Crippen molar-refractivity contribution in [1.29, 1.82) is 0 Å². The average molecular weight is 590 g/mol. The zero-order valence-corrected chi connectivity index (χ0v) is 21.9. The van der Waals surface area contributed by atoms with Crippen molar-refractivity contribution in [2.24, 2.45) is 28.5 Å². The van der Waals surface area contributed by atoms with Gasteiger partial charge >= 0.3 is 12.4 Å². The SMILES string of the molecule is C[C@H](C[C@H](C(N)=O)[C@@H](CCC(F)(F)F)C(=O)N[C@H]1N=C(c2ccccc2)c2cccc(Cl)c2CC1=O)C(F)(F)F. The fourth-order valence-electron chi connectivity index (χ4n) is 4.51. The first-order valence-corrected chi connectivity index (χ1v) is 12.6. The third-order valence-electron chi connectivity index (χ3n) is 6.71. The number of alkyl halides is 6. The van der Waals surface area contributed by atoms with Crippen LogP contribution in [0.3, 0.4) is 0 Å². The quantitative estimate of drug-likeness (QED) is 0.383. The minimum Gasteiger partial charge on any atom is -0.369 e. The van der Waals surface area contributed by atoms with Gasteiger partial charge in [-0.25, -0.2) is 0 Å². The Morgan fingerprint density at radius 2 is 1.70 bits per heavy atom. The molecule has 1 heterocycles. The van der Waals surface area contributed by atoms with Crippen LogP contribution in [0.5, 0.6) is 0 Å². The highest BCUT2D eigenvalue weighted by Gasteiger charge is 2.44. The number of aliphatic imine (C=N–C) groups is 1. The normalized spacial score (nSPS) is 18.1. The standard InChI is InChI=1S/C27H26ClF6N3O3/c1-14(27(32,33)34)12-19(23(35)39)17(10-11-26(29,30)31)25(40)37-24-21(38)13-18-16(8-5-9-20(18)28)22(36-24)15-6-3-2-4-7-15/h2-9,14,17,19,24H,10-13H2,1H3,(H2,35,39)(H,37,40)/t14-,17-,19+,24-/m1/s1. The van der Waals surface area contributed by atoms with Crippen LogP contribution in [-0.4, -0.2) is 41.8 Å². The molecule has 2 aromatic rings. The minimum absolute atomic E-state index is 0.249. The molecule has 0 radical (unpaired) electrons. The second-order valence-corrected chi connectivity index (χ2v) is 10.0. The number of hydrogen-bond acceptors (Lipinski definition) is 4. The van der Waals surface area contributed by atoms with E-state index in [1.54, 1.807) is 48.5 Å². The maximum absolute atomic E-state index is 13.3. The number of primary amides is 1. The first-order valence-electron chi connectivity index (χ1n) is 12.2. The molecule has 0 bridgehead atoms. The van der Waals surface area contributed by atoms with Gasteiger partial charge in [-0.1, -0.05) is 61.0 Å². The topological polar surface area (TPSA) is 102 Å². The summed E-state index contributed by atoms with van der Waals surface area (Å²) in [5.41, 5.74) is 7.00. The molecule has 0 spiro atoms. The van der Waals surface area contributed by atoms with Gasteiger partial charge in [0.25, 0.3) is 0 Å². The van der Waals surface area contributed by atoms with Gasteiger partial charge in [-0.2, -0.15) is 26.3 Å². The van der Waals surface area contributed by atoms with Crippen LogP contribution in [0.1, 0.15) is 42.9 Å². The Bertz CT molecular complexity index is 1280. The van der Waals surface area contributed by atoms with Gasteiger partial charge in [-0.05, 0) is 24.5 Å². The third kappa shape index (κ3) is 7.83. The van der Waals surface area contributed by atoms with Crippen molar-refractivity contribution < 1.29 is 40.7 Å². The van der Waals surface area contributed by atoms with Crippen LogP contribution < -0.4 is 11.1 Å². The van der Waals surface area contributed by atoms with Crippen molar-refractivity contribution in [2.45, 2.75) is 51.1 Å². The molecule has 0 unspecified atom stereocenters. The minimum atomic E-state index is -4.78. The molecule has 3 rings (SSSR count). The number of rotatable bonds is 9. The molecule has 1 aliphatic rings. The highest BCUT2D eigenvalue weighted by Crippen LogP contribution is 2.36. The Kier molecular flexibility index (Phi) is 9.65. The van der Waals surface area contributed by atoms with Crippen molar-refractivity contribution in [3.05, 3.63) is 70.2 Å². The number of Topliss-reactive ketones (excluding diaryl/α,β-unsaturated/α-hetero) is 1. The van der Waals surface area contributed by atoms with Gasteiger partial charge in [0.05, 0.1) is 11.6 Å². The lowest BCUT2D eigenvalue weighted by Gasteiger charge is -2.28. The van der Waals surface area contributed by atoms with Gasteiger partial charge in [-0.15, -0.1) is 0 Å². The molecule has 2 amide bonds. The van der Waals surface area contributed by atoms with E-state index in [0.29, 0.717) is 16.7 Å². The molecular weight excluding hydrogens is 564 g/mol. The predicted molar refractivity (Wildman–Crippen MR) is 135 cm³/mol. The molecule has 4 atom stereocenters. The third-order valence-corrected chi connectivity index (χ3v) is 7.06. The molecule has 1 aliphatic heterocycles. The second kappa shape index (κ2) is 12.4. The van der Waals surface area contributed by atoms with Crippen molar-refractivity contribution in [3.63, 3.8) is 0 Å². The van der Waals surface area contributed by atoms with E-state index in [1.165, 1.54) is 0 Å². The molecule has 0 aliphatic carbocycles. The molecule has 0 aromatic heterocycles. The van der Waals surface area contributed by atoms with Gasteiger partial charge in [0, 0.05) is 40.8 Å². The van der Waals surface area contributed by atoms with Crippen molar-refractivity contribution in [1.82, 2.24) is 5.32 Å². The molecule has 13 heteroatoms. The number of hydrogen-bond donors (Lipinski definition) is 2. The van der Waals surface area contributed by atoms with Crippen molar-refractivity contribution in [3.8, 4) is 0 Å². The Labute approximate surface area is 231 Å². The van der Waals surface area contributed by atoms with Crippen LogP contribution in [0.15, 0.2) is 53.5 Å². The molecule has 0 fully saturated rings. The fourth-order valence-corrected chi connectivity index (χ4v) is 4.75. The van der Waals surface area contributed by atoms with E-state index < -0.39 is 73.1 Å². The lowest BCUT2D eigenvalue weighted by molar-refractivity contribution is -0.177. The zero-order valence-electron chi connectivity index (χ0n) is 21.2. The zero-order chi connectivity index (χ0) is 29.8. The smallest absolute Gasteiger partial charge is 0.369 e. The van der Waals surface area contributed by atoms with E-state index in [1.807, 2.05) is 0 Å². The van der Waals surface area contributed by atoms with Crippen LogP contribution in [-0.2, 0) is 20.8 Å². The molecule has 216 valence electrons. The number of carbonyl (C=O) groups is 3. The first-order chi connectivity index (χ1) is 18.6. The predicted octanol–water partition coefficient (Wildman–Crippen LogP) is 5.39. The summed E-state index contributed by atoms with van der Waals surface area (Å²) in [4.78, 5) is 43.1. The average Bonchev–Trinajstić information content (AvgIpc) is 2.99. The summed E-state index contributed by atoms with van der Waals surface area (Å²) >= 11 is 6.34. The van der Waals surface area contributed by atoms with Gasteiger partial charge in [0.2, 0.25) is 11.8 Å². The van der Waals surface area contributed by atoms with Crippen molar-refractivity contribution >= 4 is 34.9 Å². The molecule has 6 nitrogen and oxygen atoms in total. The number of nitrogens with zero attached hydrogens (tertiary/aromatic N) is 1. The Hall–Kier alpha value is -3.41. The van der Waals surface area contributed by atoms with Gasteiger partial charge < -0.3 is 11.1 Å². The van der Waals surface area contributed by atoms with Crippen molar-refractivity contribution in [2.75, 3.05) is 0 Å². The first kappa shape index (κ1) is 31.1. The molecule has 3 N–H and O–H groups in total. The summed E-state index contributed by atoms with van der Waals surface area (Å²) in [6.07, 6.45) is -15.1. The number of amides is 2. The van der Waals surface area contributed by atoms with E-state index in [-0.39, 0.29) is 17.2 Å². The number of nitrogens with two attached hydrogens (primary N) is 1. The van der Waals surface area contributed by atoms with E-state index in [4.69, 9.17) is 17.3 Å².